The molecule has 0 aliphatic carbocycles. The molecule has 1 aromatic rings. The standard InChI is InChI=1S/C7H9N3/c1-9-10-7-4-2-6(8)3-5-7/h2-5H,8H2,1H3. The number of rotatable bonds is 1. The molecule has 0 heterocycles. The highest BCUT2D eigenvalue weighted by atomic mass is 15.1. The summed E-state index contributed by atoms with van der Waals surface area (Å²) in [7, 11) is 1.64. The van der Waals surface area contributed by atoms with Crippen molar-refractivity contribution in [2.24, 2.45) is 10.2 Å². The fraction of sp³-hybridized carbons (Fsp3) is 0.143. The van der Waals surface area contributed by atoms with E-state index in [0.29, 0.717) is 0 Å². The molecule has 0 aliphatic rings. The van der Waals surface area contributed by atoms with E-state index in [1.807, 2.05) is 12.1 Å². The molecule has 0 aromatic heterocycles. The molecule has 0 saturated carbocycles. The maximum absolute atomic E-state index is 5.45. The average molecular weight is 135 g/mol. The molecule has 3 heteroatoms. The van der Waals surface area contributed by atoms with Crippen LogP contribution in [0.3, 0.4) is 0 Å². The van der Waals surface area contributed by atoms with Gasteiger partial charge in [-0.2, -0.15) is 10.2 Å². The quantitative estimate of drug-likeness (QED) is 0.464. The van der Waals surface area contributed by atoms with Gasteiger partial charge < -0.3 is 5.73 Å². The summed E-state index contributed by atoms with van der Waals surface area (Å²) in [5.41, 5.74) is 7.03. The van der Waals surface area contributed by atoms with E-state index in [-0.39, 0.29) is 0 Å². The molecule has 0 amide bonds. The van der Waals surface area contributed by atoms with Crippen LogP contribution in [0.5, 0.6) is 0 Å². The lowest BCUT2D eigenvalue weighted by molar-refractivity contribution is 1.17. The Kier molecular flexibility index (Phi) is 1.99. The number of benzene rings is 1. The maximum atomic E-state index is 5.45. The molecule has 1 rings (SSSR count). The molecule has 10 heavy (non-hydrogen) atoms. The maximum Gasteiger partial charge on any atom is 0.0853 e. The monoisotopic (exact) mass is 135 g/mol. The van der Waals surface area contributed by atoms with Crippen LogP contribution in [0.15, 0.2) is 34.5 Å². The van der Waals surface area contributed by atoms with Crippen molar-refractivity contribution in [2.75, 3.05) is 12.8 Å². The molecule has 52 valence electrons. The summed E-state index contributed by atoms with van der Waals surface area (Å²) < 4.78 is 0. The predicted molar refractivity (Wildman–Crippen MR) is 41.3 cm³/mol. The Morgan fingerprint density at radius 3 is 2.30 bits per heavy atom. The van der Waals surface area contributed by atoms with Crippen molar-refractivity contribution in [2.45, 2.75) is 0 Å². The zero-order valence-electron chi connectivity index (χ0n) is 5.78. The summed E-state index contributed by atoms with van der Waals surface area (Å²) in [5, 5.41) is 7.44. The van der Waals surface area contributed by atoms with Crippen molar-refractivity contribution in [3.05, 3.63) is 24.3 Å². The lowest BCUT2D eigenvalue weighted by Gasteiger charge is -1.91. The molecule has 3 nitrogen and oxygen atoms in total. The van der Waals surface area contributed by atoms with Crippen molar-refractivity contribution in [3.8, 4) is 0 Å². The number of azo groups is 1. The molecular weight excluding hydrogens is 126 g/mol. The van der Waals surface area contributed by atoms with Crippen molar-refractivity contribution in [1.82, 2.24) is 0 Å². The third kappa shape index (κ3) is 1.55. The third-order valence-electron chi connectivity index (χ3n) is 1.11. The Balaban J connectivity index is 2.89. The van der Waals surface area contributed by atoms with Gasteiger partial charge in [0, 0.05) is 12.7 Å². The molecule has 0 atom stereocenters. The number of nitrogen functional groups attached to an aromatic ring is 1. The van der Waals surface area contributed by atoms with E-state index in [2.05, 4.69) is 10.2 Å². The number of nitrogens with two attached hydrogens (primary N) is 1. The normalized spacial score (nSPS) is 10.5. The van der Waals surface area contributed by atoms with Gasteiger partial charge in [-0.15, -0.1) is 0 Å². The van der Waals surface area contributed by atoms with Crippen LogP contribution in [0.4, 0.5) is 11.4 Å². The molecule has 0 bridgehead atoms. The van der Waals surface area contributed by atoms with Gasteiger partial charge in [-0.25, -0.2) is 0 Å². The van der Waals surface area contributed by atoms with E-state index in [1.54, 1.807) is 19.2 Å². The van der Waals surface area contributed by atoms with Gasteiger partial charge in [-0.05, 0) is 24.3 Å². The lowest BCUT2D eigenvalue weighted by atomic mass is 10.3. The van der Waals surface area contributed by atoms with Crippen LogP contribution < -0.4 is 5.73 Å². The van der Waals surface area contributed by atoms with E-state index in [0.717, 1.165) is 11.4 Å². The van der Waals surface area contributed by atoms with Crippen LogP contribution in [0.1, 0.15) is 0 Å². The molecule has 0 spiro atoms. The van der Waals surface area contributed by atoms with Crippen LogP contribution in [0, 0.1) is 0 Å². The summed E-state index contributed by atoms with van der Waals surface area (Å²) in [5.74, 6) is 0. The zero-order chi connectivity index (χ0) is 7.40. The van der Waals surface area contributed by atoms with Crippen molar-refractivity contribution in [1.29, 1.82) is 0 Å². The Bertz CT molecular complexity index is 225. The first-order valence-corrected chi connectivity index (χ1v) is 2.98. The molecule has 0 unspecified atom stereocenters. The first-order chi connectivity index (χ1) is 4.83. The van der Waals surface area contributed by atoms with Gasteiger partial charge in [0.2, 0.25) is 0 Å². The van der Waals surface area contributed by atoms with Gasteiger partial charge in [0.25, 0.3) is 0 Å². The highest BCUT2D eigenvalue weighted by molar-refractivity contribution is 5.47. The van der Waals surface area contributed by atoms with E-state index < -0.39 is 0 Å². The number of anilines is 1. The molecule has 0 fully saturated rings. The van der Waals surface area contributed by atoms with Crippen LogP contribution in [-0.2, 0) is 0 Å². The summed E-state index contributed by atoms with van der Waals surface area (Å²) in [6.45, 7) is 0. The largest absolute Gasteiger partial charge is 0.399 e. The molecule has 1 aromatic carbocycles. The Hall–Kier alpha value is -1.38. The van der Waals surface area contributed by atoms with Crippen LogP contribution >= 0.6 is 0 Å². The second kappa shape index (κ2) is 2.96. The van der Waals surface area contributed by atoms with E-state index >= 15 is 0 Å². The van der Waals surface area contributed by atoms with E-state index in [1.165, 1.54) is 0 Å². The first-order valence-electron chi connectivity index (χ1n) is 2.98. The molecule has 0 saturated heterocycles. The second-order valence-electron chi connectivity index (χ2n) is 1.89. The summed E-state index contributed by atoms with van der Waals surface area (Å²) >= 11 is 0. The Labute approximate surface area is 59.6 Å². The molecule has 0 aliphatic heterocycles. The highest BCUT2D eigenvalue weighted by Gasteiger charge is 1.85. The second-order valence-corrected chi connectivity index (χ2v) is 1.89. The fourth-order valence-corrected chi connectivity index (χ4v) is 0.656. The van der Waals surface area contributed by atoms with Crippen LogP contribution in [0.2, 0.25) is 0 Å². The minimum Gasteiger partial charge on any atom is -0.399 e. The molecular formula is C7H9N3. The SMILES string of the molecule is CN=Nc1ccc(N)cc1. The number of hydrogen-bond donors (Lipinski definition) is 1. The topological polar surface area (TPSA) is 50.7 Å². The minimum atomic E-state index is 0.745. The highest BCUT2D eigenvalue weighted by Crippen LogP contribution is 2.13. The zero-order valence-corrected chi connectivity index (χ0v) is 5.78. The Morgan fingerprint density at radius 2 is 1.80 bits per heavy atom. The lowest BCUT2D eigenvalue weighted by Crippen LogP contribution is -1.80. The molecule has 2 N–H and O–H groups in total. The van der Waals surface area contributed by atoms with Gasteiger partial charge in [0.15, 0.2) is 0 Å². The minimum absolute atomic E-state index is 0.745. The van der Waals surface area contributed by atoms with Gasteiger partial charge in [0.05, 0.1) is 5.69 Å². The molecule has 0 radical (unpaired) electrons. The third-order valence-corrected chi connectivity index (χ3v) is 1.11. The fourth-order valence-electron chi connectivity index (χ4n) is 0.656. The van der Waals surface area contributed by atoms with Crippen LogP contribution in [0.25, 0.3) is 0 Å². The van der Waals surface area contributed by atoms with Crippen LogP contribution in [-0.4, -0.2) is 7.05 Å². The van der Waals surface area contributed by atoms with Gasteiger partial charge >= 0.3 is 0 Å². The summed E-state index contributed by atoms with van der Waals surface area (Å²) in [4.78, 5) is 0. The van der Waals surface area contributed by atoms with Crippen molar-refractivity contribution < 1.29 is 0 Å². The predicted octanol–water partition coefficient (Wildman–Crippen LogP) is 1.98. The van der Waals surface area contributed by atoms with E-state index in [9.17, 15) is 0 Å². The van der Waals surface area contributed by atoms with Gasteiger partial charge in [-0.3, -0.25) is 0 Å². The smallest absolute Gasteiger partial charge is 0.0853 e. The van der Waals surface area contributed by atoms with Crippen molar-refractivity contribution >= 4 is 11.4 Å². The van der Waals surface area contributed by atoms with E-state index in [4.69, 9.17) is 5.73 Å². The van der Waals surface area contributed by atoms with Gasteiger partial charge in [-0.1, -0.05) is 0 Å². The van der Waals surface area contributed by atoms with Crippen molar-refractivity contribution in [3.63, 3.8) is 0 Å². The average Bonchev–Trinajstić information content (AvgIpc) is 1.95. The Morgan fingerprint density at radius 1 is 1.20 bits per heavy atom. The van der Waals surface area contributed by atoms with Gasteiger partial charge in [0.1, 0.15) is 0 Å². The summed E-state index contributed by atoms with van der Waals surface area (Å²) in [6, 6.07) is 7.23. The summed E-state index contributed by atoms with van der Waals surface area (Å²) in [6.07, 6.45) is 0. The first kappa shape index (κ1) is 6.74. The number of nitrogens with zero attached hydrogens (tertiary/aromatic N) is 2. The number of hydrogen-bond acceptors (Lipinski definition) is 3.